The molecule has 0 atom stereocenters. The molecule has 2 rings (SSSR count). The van der Waals surface area contributed by atoms with E-state index in [0.717, 1.165) is 22.5 Å². The first-order valence-electron chi connectivity index (χ1n) is 7.98. The van der Waals surface area contributed by atoms with Crippen LogP contribution in [0.15, 0.2) is 30.6 Å². The second kappa shape index (κ2) is 7.30. The Bertz CT molecular complexity index is 550. The van der Waals surface area contributed by atoms with Crippen molar-refractivity contribution in [2.75, 3.05) is 7.11 Å². The highest BCUT2D eigenvalue weighted by Crippen LogP contribution is 2.49. The fourth-order valence-electron chi connectivity index (χ4n) is 2.95. The van der Waals surface area contributed by atoms with Gasteiger partial charge in [-0.05, 0) is 36.5 Å². The predicted octanol–water partition coefficient (Wildman–Crippen LogP) is 3.90. The predicted molar refractivity (Wildman–Crippen MR) is 88.3 cm³/mol. The first kappa shape index (κ1) is 17.7. The van der Waals surface area contributed by atoms with Gasteiger partial charge < -0.3 is 15.4 Å². The molecule has 1 aliphatic rings. The first-order chi connectivity index (χ1) is 10.8. The fourth-order valence-corrected chi connectivity index (χ4v) is 2.95. The second-order valence-corrected chi connectivity index (χ2v) is 6.56. The highest BCUT2D eigenvalue weighted by molar-refractivity contribution is 5.36. The standard InChI is InChI=1S/C18H26F2N2O/c1-12(2)22-13(3)21-10-15-7-14(11-23-4)5-6-17(15)16-8-18(19,20)9-16/h5-7,12,16,21-22H,3,8-11H2,1-2,4H3. The number of rotatable bonds is 8. The molecule has 1 fully saturated rings. The van der Waals surface area contributed by atoms with Gasteiger partial charge in [-0.1, -0.05) is 24.8 Å². The van der Waals surface area contributed by atoms with E-state index >= 15 is 0 Å². The zero-order chi connectivity index (χ0) is 17.0. The summed E-state index contributed by atoms with van der Waals surface area (Å²) >= 11 is 0. The number of alkyl halides is 2. The molecule has 2 N–H and O–H groups in total. The molecule has 0 aliphatic heterocycles. The zero-order valence-corrected chi connectivity index (χ0v) is 14.1. The summed E-state index contributed by atoms with van der Waals surface area (Å²) in [7, 11) is 1.65. The van der Waals surface area contributed by atoms with Gasteiger partial charge in [-0.3, -0.25) is 0 Å². The molecule has 1 aromatic carbocycles. The maximum Gasteiger partial charge on any atom is 0.249 e. The molecule has 0 aromatic heterocycles. The van der Waals surface area contributed by atoms with E-state index in [0.29, 0.717) is 19.2 Å². The van der Waals surface area contributed by atoms with Crippen molar-refractivity contribution in [1.82, 2.24) is 10.6 Å². The molecule has 0 heterocycles. The lowest BCUT2D eigenvalue weighted by atomic mass is 9.75. The Morgan fingerprint density at radius 1 is 1.39 bits per heavy atom. The summed E-state index contributed by atoms with van der Waals surface area (Å²) in [5.41, 5.74) is 3.08. The van der Waals surface area contributed by atoms with Gasteiger partial charge in [0.1, 0.15) is 0 Å². The zero-order valence-electron chi connectivity index (χ0n) is 14.1. The Labute approximate surface area is 137 Å². The molecule has 1 saturated carbocycles. The van der Waals surface area contributed by atoms with Crippen LogP contribution in [-0.4, -0.2) is 19.1 Å². The molecular formula is C18H26F2N2O. The highest BCUT2D eigenvalue weighted by Gasteiger charge is 2.46. The van der Waals surface area contributed by atoms with E-state index in [2.05, 4.69) is 17.2 Å². The van der Waals surface area contributed by atoms with E-state index in [1.54, 1.807) is 7.11 Å². The lowest BCUT2D eigenvalue weighted by molar-refractivity contribution is -0.0869. The van der Waals surface area contributed by atoms with E-state index in [1.165, 1.54) is 0 Å². The van der Waals surface area contributed by atoms with Crippen LogP contribution in [0.5, 0.6) is 0 Å². The van der Waals surface area contributed by atoms with Gasteiger partial charge in [0.25, 0.3) is 0 Å². The summed E-state index contributed by atoms with van der Waals surface area (Å²) in [5, 5.41) is 6.42. The smallest absolute Gasteiger partial charge is 0.249 e. The Balaban J connectivity index is 2.10. The molecule has 0 spiro atoms. The normalized spacial score (nSPS) is 17.0. The number of methoxy groups -OCH3 is 1. The quantitative estimate of drug-likeness (QED) is 0.761. The van der Waals surface area contributed by atoms with E-state index in [-0.39, 0.29) is 18.8 Å². The average Bonchev–Trinajstić information content (AvgIpc) is 2.42. The number of hydrogen-bond donors (Lipinski definition) is 2. The summed E-state index contributed by atoms with van der Waals surface area (Å²) < 4.78 is 31.6. The van der Waals surface area contributed by atoms with Crippen LogP contribution in [-0.2, 0) is 17.9 Å². The van der Waals surface area contributed by atoms with Crippen LogP contribution in [0.25, 0.3) is 0 Å². The lowest BCUT2D eigenvalue weighted by Gasteiger charge is -2.36. The van der Waals surface area contributed by atoms with Gasteiger partial charge in [0.15, 0.2) is 0 Å². The van der Waals surface area contributed by atoms with Gasteiger partial charge in [-0.2, -0.15) is 0 Å². The number of ether oxygens (including phenoxy) is 1. The molecule has 23 heavy (non-hydrogen) atoms. The van der Waals surface area contributed by atoms with E-state index in [9.17, 15) is 8.78 Å². The molecule has 1 aromatic rings. The SMILES string of the molecule is C=C(NCc1cc(COC)ccc1C1CC(F)(F)C1)NC(C)C. The van der Waals surface area contributed by atoms with Crippen molar-refractivity contribution in [3.05, 3.63) is 47.3 Å². The van der Waals surface area contributed by atoms with Crippen LogP contribution in [0, 0.1) is 0 Å². The Morgan fingerprint density at radius 2 is 2.09 bits per heavy atom. The third kappa shape index (κ3) is 4.93. The summed E-state index contributed by atoms with van der Waals surface area (Å²) in [6, 6.07) is 6.24. The molecule has 1 aliphatic carbocycles. The molecule has 0 bridgehead atoms. The summed E-state index contributed by atoms with van der Waals surface area (Å²) in [5.74, 6) is -1.84. The third-order valence-electron chi connectivity index (χ3n) is 4.00. The number of hydrogen-bond acceptors (Lipinski definition) is 3. The maximum absolute atomic E-state index is 13.2. The first-order valence-corrected chi connectivity index (χ1v) is 7.98. The van der Waals surface area contributed by atoms with Gasteiger partial charge in [-0.25, -0.2) is 8.78 Å². The molecule has 3 nitrogen and oxygen atoms in total. The fraction of sp³-hybridized carbons (Fsp3) is 0.556. The van der Waals surface area contributed by atoms with Crippen LogP contribution in [0.1, 0.15) is 49.3 Å². The van der Waals surface area contributed by atoms with Crippen LogP contribution >= 0.6 is 0 Å². The van der Waals surface area contributed by atoms with Crippen molar-refractivity contribution in [3.63, 3.8) is 0 Å². The number of nitrogens with one attached hydrogen (secondary N) is 2. The maximum atomic E-state index is 13.2. The van der Waals surface area contributed by atoms with Crippen molar-refractivity contribution in [3.8, 4) is 0 Å². The average molecular weight is 324 g/mol. The van der Waals surface area contributed by atoms with Crippen molar-refractivity contribution in [2.45, 2.75) is 57.7 Å². The van der Waals surface area contributed by atoms with Gasteiger partial charge >= 0.3 is 0 Å². The minimum atomic E-state index is -2.51. The van der Waals surface area contributed by atoms with Crippen molar-refractivity contribution >= 4 is 0 Å². The van der Waals surface area contributed by atoms with Crippen molar-refractivity contribution in [1.29, 1.82) is 0 Å². The minimum absolute atomic E-state index is 0.0607. The van der Waals surface area contributed by atoms with Gasteiger partial charge in [0, 0.05) is 32.5 Å². The van der Waals surface area contributed by atoms with E-state index < -0.39 is 5.92 Å². The van der Waals surface area contributed by atoms with E-state index in [1.807, 2.05) is 32.0 Å². The highest BCUT2D eigenvalue weighted by atomic mass is 19.3. The molecule has 5 heteroatoms. The molecule has 0 unspecified atom stereocenters. The topological polar surface area (TPSA) is 33.3 Å². The van der Waals surface area contributed by atoms with Gasteiger partial charge in [0.2, 0.25) is 5.92 Å². The second-order valence-electron chi connectivity index (χ2n) is 6.56. The molecule has 0 radical (unpaired) electrons. The van der Waals surface area contributed by atoms with Crippen molar-refractivity contribution in [2.24, 2.45) is 0 Å². The number of benzene rings is 1. The largest absolute Gasteiger partial charge is 0.380 e. The van der Waals surface area contributed by atoms with E-state index in [4.69, 9.17) is 4.74 Å². The monoisotopic (exact) mass is 324 g/mol. The number of halogens is 2. The third-order valence-corrected chi connectivity index (χ3v) is 4.00. The molecule has 0 saturated heterocycles. The van der Waals surface area contributed by atoms with Gasteiger partial charge in [0.05, 0.1) is 12.4 Å². The van der Waals surface area contributed by atoms with Gasteiger partial charge in [-0.15, -0.1) is 0 Å². The molecular weight excluding hydrogens is 298 g/mol. The summed E-state index contributed by atoms with van der Waals surface area (Å²) in [4.78, 5) is 0. The van der Waals surface area contributed by atoms with Crippen LogP contribution in [0.2, 0.25) is 0 Å². The van der Waals surface area contributed by atoms with Crippen LogP contribution in [0.3, 0.4) is 0 Å². The van der Waals surface area contributed by atoms with Crippen LogP contribution < -0.4 is 10.6 Å². The Morgan fingerprint density at radius 3 is 2.65 bits per heavy atom. The molecule has 0 amide bonds. The lowest BCUT2D eigenvalue weighted by Crippen LogP contribution is -2.35. The Hall–Kier alpha value is -1.62. The summed E-state index contributed by atoms with van der Waals surface area (Å²) in [6.07, 6.45) is -0.121. The van der Waals surface area contributed by atoms with Crippen LogP contribution in [0.4, 0.5) is 8.78 Å². The summed E-state index contributed by atoms with van der Waals surface area (Å²) in [6.45, 7) is 9.08. The van der Waals surface area contributed by atoms with Crippen molar-refractivity contribution < 1.29 is 13.5 Å². The Kier molecular flexibility index (Phi) is 5.63. The minimum Gasteiger partial charge on any atom is -0.380 e. The molecule has 128 valence electrons.